The third-order valence-corrected chi connectivity index (χ3v) is 2.71. The van der Waals surface area contributed by atoms with Gasteiger partial charge in [0.25, 0.3) is 0 Å². The van der Waals surface area contributed by atoms with Gasteiger partial charge < -0.3 is 4.79 Å². The Morgan fingerprint density at radius 2 is 2.10 bits per heavy atom. The molecule has 1 aliphatic carbocycles. The molecule has 0 radical (unpaired) electrons. The molecule has 0 amide bonds. The van der Waals surface area contributed by atoms with Gasteiger partial charge in [-0.3, -0.25) is 0 Å². The van der Waals surface area contributed by atoms with Crippen molar-refractivity contribution in [2.45, 2.75) is 26.7 Å². The zero-order chi connectivity index (χ0) is 7.83. The van der Waals surface area contributed by atoms with Crippen LogP contribution in [0.5, 0.6) is 0 Å². The Balaban J connectivity index is 2.67. The molecule has 1 atom stereocenters. The molecule has 0 spiro atoms. The quantitative estimate of drug-likeness (QED) is 0.431. The van der Waals surface area contributed by atoms with Crippen LogP contribution in [-0.4, -0.2) is 6.29 Å². The van der Waals surface area contributed by atoms with Crippen molar-refractivity contribution in [3.63, 3.8) is 0 Å². The molecule has 0 aliphatic heterocycles. The van der Waals surface area contributed by atoms with E-state index >= 15 is 0 Å². The molecule has 1 aliphatic rings. The van der Waals surface area contributed by atoms with Gasteiger partial charge in [0.1, 0.15) is 6.29 Å². The molecular weight excluding hydrogens is 124 g/mol. The molecule has 0 aromatic heterocycles. The van der Waals surface area contributed by atoms with Crippen LogP contribution in [0.4, 0.5) is 0 Å². The van der Waals surface area contributed by atoms with E-state index in [-0.39, 0.29) is 10.8 Å². The molecule has 1 heteroatoms. The van der Waals surface area contributed by atoms with E-state index in [0.29, 0.717) is 0 Å². The van der Waals surface area contributed by atoms with E-state index in [1.807, 2.05) is 6.08 Å². The normalized spacial score (nSPS) is 35.0. The Bertz CT molecular complexity index is 170. The summed E-state index contributed by atoms with van der Waals surface area (Å²) < 4.78 is 0. The van der Waals surface area contributed by atoms with Crippen LogP contribution in [0.2, 0.25) is 0 Å². The molecular formula is C9H14O. The minimum atomic E-state index is -0.0608. The average Bonchev–Trinajstić information content (AvgIpc) is 2.37. The maximum atomic E-state index is 10.6. The summed E-state index contributed by atoms with van der Waals surface area (Å²) in [6, 6.07) is 0. The van der Waals surface area contributed by atoms with Crippen LogP contribution in [0.1, 0.15) is 26.7 Å². The molecule has 1 fully saturated rings. The van der Waals surface area contributed by atoms with Crippen molar-refractivity contribution >= 4 is 6.29 Å². The average molecular weight is 138 g/mol. The molecule has 1 rings (SSSR count). The molecule has 0 heterocycles. The summed E-state index contributed by atoms with van der Waals surface area (Å²) in [5.41, 5.74) is 0.164. The Morgan fingerprint density at radius 1 is 1.60 bits per heavy atom. The van der Waals surface area contributed by atoms with Gasteiger partial charge in [-0.25, -0.2) is 0 Å². The summed E-state index contributed by atoms with van der Waals surface area (Å²) in [5.74, 6) is 0. The van der Waals surface area contributed by atoms with Crippen molar-refractivity contribution in [1.29, 1.82) is 0 Å². The van der Waals surface area contributed by atoms with E-state index in [4.69, 9.17) is 0 Å². The van der Waals surface area contributed by atoms with Gasteiger partial charge in [0.05, 0.1) is 0 Å². The monoisotopic (exact) mass is 138 g/mol. The Kier molecular flexibility index (Phi) is 1.46. The maximum Gasteiger partial charge on any atom is 0.127 e. The zero-order valence-electron chi connectivity index (χ0n) is 6.68. The van der Waals surface area contributed by atoms with E-state index in [1.165, 1.54) is 0 Å². The number of aldehydes is 1. The van der Waals surface area contributed by atoms with Crippen molar-refractivity contribution in [1.82, 2.24) is 0 Å². The van der Waals surface area contributed by atoms with Crippen molar-refractivity contribution in [3.05, 3.63) is 12.7 Å². The van der Waals surface area contributed by atoms with Crippen LogP contribution in [0.25, 0.3) is 0 Å². The fraction of sp³-hybridized carbons (Fsp3) is 0.667. The van der Waals surface area contributed by atoms with E-state index in [2.05, 4.69) is 20.4 Å². The first-order chi connectivity index (χ1) is 4.58. The smallest absolute Gasteiger partial charge is 0.127 e. The van der Waals surface area contributed by atoms with Gasteiger partial charge >= 0.3 is 0 Å². The second-order valence-electron chi connectivity index (χ2n) is 3.83. The minimum Gasteiger partial charge on any atom is -0.303 e. The van der Waals surface area contributed by atoms with Crippen LogP contribution in [-0.2, 0) is 4.79 Å². The summed E-state index contributed by atoms with van der Waals surface area (Å²) in [4.78, 5) is 10.6. The standard InChI is InChI=1S/C9H14O/c1-4-5-9(7-10)6-8(9,2)3/h4,7H,1,5-6H2,2-3H3. The Morgan fingerprint density at radius 3 is 2.20 bits per heavy atom. The highest BCUT2D eigenvalue weighted by Gasteiger charge is 2.60. The lowest BCUT2D eigenvalue weighted by Crippen LogP contribution is -2.08. The fourth-order valence-corrected chi connectivity index (χ4v) is 1.60. The lowest BCUT2D eigenvalue weighted by molar-refractivity contribution is -0.113. The van der Waals surface area contributed by atoms with Gasteiger partial charge in [-0.1, -0.05) is 19.9 Å². The molecule has 56 valence electrons. The van der Waals surface area contributed by atoms with Crippen LogP contribution < -0.4 is 0 Å². The third kappa shape index (κ3) is 0.808. The van der Waals surface area contributed by atoms with Gasteiger partial charge in [-0.15, -0.1) is 6.58 Å². The van der Waals surface area contributed by atoms with Crippen molar-refractivity contribution in [3.8, 4) is 0 Å². The molecule has 0 aromatic rings. The molecule has 1 saturated carbocycles. The first-order valence-corrected chi connectivity index (χ1v) is 3.65. The molecule has 1 nitrogen and oxygen atoms in total. The minimum absolute atomic E-state index is 0.0608. The van der Waals surface area contributed by atoms with Crippen molar-refractivity contribution in [2.75, 3.05) is 0 Å². The highest BCUT2D eigenvalue weighted by atomic mass is 16.1. The fourth-order valence-electron chi connectivity index (χ4n) is 1.60. The van der Waals surface area contributed by atoms with E-state index in [1.54, 1.807) is 0 Å². The molecule has 10 heavy (non-hydrogen) atoms. The third-order valence-electron chi connectivity index (χ3n) is 2.71. The Hall–Kier alpha value is -0.590. The zero-order valence-corrected chi connectivity index (χ0v) is 6.68. The van der Waals surface area contributed by atoms with Crippen molar-refractivity contribution < 1.29 is 4.79 Å². The molecule has 0 aromatic carbocycles. The lowest BCUT2D eigenvalue weighted by Gasteiger charge is -2.09. The van der Waals surface area contributed by atoms with Gasteiger partial charge in [-0.2, -0.15) is 0 Å². The van der Waals surface area contributed by atoms with Crippen LogP contribution in [0.3, 0.4) is 0 Å². The number of rotatable bonds is 3. The van der Waals surface area contributed by atoms with Gasteiger partial charge in [0.15, 0.2) is 0 Å². The Labute approximate surface area is 62.1 Å². The second-order valence-corrected chi connectivity index (χ2v) is 3.83. The molecule has 0 saturated heterocycles. The van der Waals surface area contributed by atoms with Crippen LogP contribution in [0, 0.1) is 10.8 Å². The molecule has 0 bridgehead atoms. The first-order valence-electron chi connectivity index (χ1n) is 3.65. The largest absolute Gasteiger partial charge is 0.303 e. The molecule has 1 unspecified atom stereocenters. The summed E-state index contributed by atoms with van der Waals surface area (Å²) in [6.07, 6.45) is 4.79. The molecule has 0 N–H and O–H groups in total. The van der Waals surface area contributed by atoms with Gasteiger partial charge in [0, 0.05) is 5.41 Å². The topological polar surface area (TPSA) is 17.1 Å². The summed E-state index contributed by atoms with van der Waals surface area (Å²) in [5, 5.41) is 0. The number of carbonyl (C=O) groups is 1. The van der Waals surface area contributed by atoms with E-state index in [0.717, 1.165) is 19.1 Å². The van der Waals surface area contributed by atoms with E-state index in [9.17, 15) is 4.79 Å². The SMILES string of the molecule is C=CCC1(C=O)CC1(C)C. The maximum absolute atomic E-state index is 10.6. The van der Waals surface area contributed by atoms with E-state index < -0.39 is 0 Å². The van der Waals surface area contributed by atoms with Crippen LogP contribution in [0.15, 0.2) is 12.7 Å². The van der Waals surface area contributed by atoms with Gasteiger partial charge in [-0.05, 0) is 18.3 Å². The van der Waals surface area contributed by atoms with Crippen LogP contribution >= 0.6 is 0 Å². The summed E-state index contributed by atoms with van der Waals surface area (Å²) >= 11 is 0. The number of allylic oxidation sites excluding steroid dienone is 1. The predicted molar refractivity (Wildman–Crippen MR) is 41.7 cm³/mol. The summed E-state index contributed by atoms with van der Waals surface area (Å²) in [7, 11) is 0. The lowest BCUT2D eigenvalue weighted by atomic mass is 9.94. The number of hydrogen-bond donors (Lipinski definition) is 0. The number of carbonyl (C=O) groups excluding carboxylic acids is 1. The van der Waals surface area contributed by atoms with Gasteiger partial charge in [0.2, 0.25) is 0 Å². The highest BCUT2D eigenvalue weighted by molar-refractivity contribution is 5.66. The van der Waals surface area contributed by atoms with Crippen molar-refractivity contribution in [2.24, 2.45) is 10.8 Å². The summed E-state index contributed by atoms with van der Waals surface area (Å²) in [6.45, 7) is 7.90. The second kappa shape index (κ2) is 1.94. The first kappa shape index (κ1) is 7.52. The number of hydrogen-bond acceptors (Lipinski definition) is 1. The highest BCUT2D eigenvalue weighted by Crippen LogP contribution is 2.64. The predicted octanol–water partition coefficient (Wildman–Crippen LogP) is 2.18.